The number of hydrogen-bond donors (Lipinski definition) is 2. The second-order valence-electron chi connectivity index (χ2n) is 9.84. The molecule has 4 aromatic rings. The number of amides is 2. The van der Waals surface area contributed by atoms with Crippen molar-refractivity contribution in [2.45, 2.75) is 52.4 Å². The van der Waals surface area contributed by atoms with Gasteiger partial charge in [-0.15, -0.1) is 10.2 Å². The zero-order chi connectivity index (χ0) is 26.6. The molecule has 2 heterocycles. The summed E-state index contributed by atoms with van der Waals surface area (Å²) in [6.07, 6.45) is 1.51. The number of phenolic OH excluding ortho intramolecular Hbond substituents is 1. The lowest BCUT2D eigenvalue weighted by atomic mass is 10.0. The van der Waals surface area contributed by atoms with Crippen LogP contribution in [-0.2, 0) is 22.7 Å². The predicted molar refractivity (Wildman–Crippen MR) is 136 cm³/mol. The van der Waals surface area contributed by atoms with E-state index in [-0.39, 0.29) is 24.7 Å². The van der Waals surface area contributed by atoms with Crippen LogP contribution in [-0.4, -0.2) is 47.6 Å². The summed E-state index contributed by atoms with van der Waals surface area (Å²) in [4.78, 5) is 29.9. The van der Waals surface area contributed by atoms with Gasteiger partial charge in [0.15, 0.2) is 0 Å². The van der Waals surface area contributed by atoms with E-state index in [9.17, 15) is 14.7 Å². The van der Waals surface area contributed by atoms with Crippen LogP contribution in [0.25, 0.3) is 11.4 Å². The second-order valence-corrected chi connectivity index (χ2v) is 9.84. The number of furan rings is 1. The van der Waals surface area contributed by atoms with Gasteiger partial charge in [-0.2, -0.15) is 4.80 Å². The zero-order valence-electron chi connectivity index (χ0n) is 21.3. The van der Waals surface area contributed by atoms with Gasteiger partial charge in [0.05, 0.1) is 12.8 Å². The minimum atomic E-state index is -1.00. The third-order valence-electron chi connectivity index (χ3n) is 5.53. The van der Waals surface area contributed by atoms with E-state index in [1.165, 1.54) is 28.1 Å². The Morgan fingerprint density at radius 2 is 1.78 bits per heavy atom. The number of carbonyl (C=O) groups excluding carboxylic acids is 2. The molecule has 0 bridgehead atoms. The Hall–Kier alpha value is -4.47. The van der Waals surface area contributed by atoms with Crippen LogP contribution >= 0.6 is 0 Å². The van der Waals surface area contributed by atoms with Gasteiger partial charge in [0.25, 0.3) is 0 Å². The fraction of sp³-hybridized carbons (Fsp3) is 0.296. The van der Waals surface area contributed by atoms with Gasteiger partial charge in [-0.3, -0.25) is 9.59 Å². The lowest BCUT2D eigenvalue weighted by molar-refractivity contribution is -0.143. The fourth-order valence-corrected chi connectivity index (χ4v) is 3.80. The van der Waals surface area contributed by atoms with E-state index in [1.807, 2.05) is 52.0 Å². The molecule has 0 aliphatic rings. The quantitative estimate of drug-likeness (QED) is 0.377. The van der Waals surface area contributed by atoms with E-state index in [0.717, 1.165) is 11.1 Å². The first kappa shape index (κ1) is 25.6. The zero-order valence-corrected chi connectivity index (χ0v) is 21.3. The van der Waals surface area contributed by atoms with Crippen molar-refractivity contribution < 1.29 is 19.1 Å². The van der Waals surface area contributed by atoms with E-state index in [2.05, 4.69) is 20.7 Å². The Kier molecular flexibility index (Phi) is 7.37. The molecule has 1 atom stereocenters. The number of aryl methyl sites for hydroxylation is 1. The van der Waals surface area contributed by atoms with E-state index in [1.54, 1.807) is 24.3 Å². The summed E-state index contributed by atoms with van der Waals surface area (Å²) in [5.74, 6) is 0.174. The number of hydrogen-bond acceptors (Lipinski definition) is 7. The lowest BCUT2D eigenvalue weighted by Gasteiger charge is -2.33. The van der Waals surface area contributed by atoms with E-state index >= 15 is 0 Å². The summed E-state index contributed by atoms with van der Waals surface area (Å²) in [5.41, 5.74) is 1.88. The highest BCUT2D eigenvalue weighted by Crippen LogP contribution is 2.27. The molecule has 4 rings (SSSR count). The summed E-state index contributed by atoms with van der Waals surface area (Å²) in [6, 6.07) is 16.3. The summed E-state index contributed by atoms with van der Waals surface area (Å²) in [6.45, 7) is 7.38. The average Bonchev–Trinajstić information content (AvgIpc) is 3.51. The Bertz CT molecular complexity index is 1340. The van der Waals surface area contributed by atoms with Crippen molar-refractivity contribution >= 4 is 11.8 Å². The lowest BCUT2D eigenvalue weighted by Crippen LogP contribution is -2.49. The molecule has 0 unspecified atom stereocenters. The second kappa shape index (κ2) is 10.7. The monoisotopic (exact) mass is 502 g/mol. The first-order valence-electron chi connectivity index (χ1n) is 11.9. The van der Waals surface area contributed by atoms with Gasteiger partial charge in [-0.25, -0.2) is 0 Å². The molecule has 2 N–H and O–H groups in total. The molecular weight excluding hydrogens is 472 g/mol. The minimum absolute atomic E-state index is 0.0362. The number of nitrogens with one attached hydrogen (secondary N) is 1. The third kappa shape index (κ3) is 6.60. The van der Waals surface area contributed by atoms with Gasteiger partial charge < -0.3 is 19.7 Å². The van der Waals surface area contributed by atoms with Crippen LogP contribution in [0.1, 0.15) is 43.7 Å². The molecule has 0 radical (unpaired) electrons. The van der Waals surface area contributed by atoms with Crippen molar-refractivity contribution in [3.8, 4) is 17.1 Å². The summed E-state index contributed by atoms with van der Waals surface area (Å²) in [5, 5.41) is 25.3. The number of carbonyl (C=O) groups is 2. The largest absolute Gasteiger partial charge is 0.508 e. The maximum absolute atomic E-state index is 13.7. The van der Waals surface area contributed by atoms with Crippen molar-refractivity contribution in [1.82, 2.24) is 30.4 Å². The predicted octanol–water partition coefficient (Wildman–Crippen LogP) is 3.63. The molecule has 37 heavy (non-hydrogen) atoms. The standard InChI is InChI=1S/C27H30N6O4/c1-18-7-9-20(10-8-18)25-29-31-33(30-25)17-23(35)32(16-22-6-5-15-37-22)24(26(36)28-27(2,3)4)19-11-13-21(34)14-12-19/h5-15,24,34H,16-17H2,1-4H3,(H,28,36)/t24-/m0/s1. The molecule has 2 aromatic carbocycles. The van der Waals surface area contributed by atoms with Crippen LogP contribution in [0.5, 0.6) is 5.75 Å². The Labute approximate surface area is 214 Å². The Balaban J connectivity index is 1.66. The molecule has 0 aliphatic heterocycles. The third-order valence-corrected chi connectivity index (χ3v) is 5.53. The van der Waals surface area contributed by atoms with Crippen molar-refractivity contribution in [2.75, 3.05) is 0 Å². The van der Waals surface area contributed by atoms with Gasteiger partial charge in [0.2, 0.25) is 17.6 Å². The highest BCUT2D eigenvalue weighted by Gasteiger charge is 2.34. The van der Waals surface area contributed by atoms with E-state index < -0.39 is 17.5 Å². The summed E-state index contributed by atoms with van der Waals surface area (Å²) < 4.78 is 5.51. The van der Waals surface area contributed by atoms with E-state index in [0.29, 0.717) is 17.1 Å². The Morgan fingerprint density at radius 1 is 1.08 bits per heavy atom. The SMILES string of the molecule is Cc1ccc(-c2nnn(CC(=O)N(Cc3ccco3)[C@H](C(=O)NC(C)(C)C)c3ccc(O)cc3)n2)cc1. The molecule has 0 spiro atoms. The maximum atomic E-state index is 13.7. The van der Waals surface area contributed by atoms with Crippen LogP contribution in [0.3, 0.4) is 0 Å². The average molecular weight is 503 g/mol. The van der Waals surface area contributed by atoms with Crippen LogP contribution in [0.15, 0.2) is 71.3 Å². The van der Waals surface area contributed by atoms with Crippen LogP contribution < -0.4 is 5.32 Å². The number of tetrazole rings is 1. The first-order valence-corrected chi connectivity index (χ1v) is 11.9. The molecule has 0 saturated heterocycles. The minimum Gasteiger partial charge on any atom is -0.508 e. The van der Waals surface area contributed by atoms with Crippen molar-refractivity contribution in [3.63, 3.8) is 0 Å². The number of aromatic nitrogens is 4. The van der Waals surface area contributed by atoms with E-state index in [4.69, 9.17) is 4.42 Å². The molecule has 10 heteroatoms. The van der Waals surface area contributed by atoms with Crippen molar-refractivity contribution in [3.05, 3.63) is 83.8 Å². The molecule has 10 nitrogen and oxygen atoms in total. The number of benzene rings is 2. The molecule has 0 aliphatic carbocycles. The van der Waals surface area contributed by atoms with Gasteiger partial charge in [0, 0.05) is 11.1 Å². The molecule has 0 saturated carbocycles. The smallest absolute Gasteiger partial charge is 0.247 e. The van der Waals surface area contributed by atoms with Crippen LogP contribution in [0.2, 0.25) is 0 Å². The maximum Gasteiger partial charge on any atom is 0.247 e. The number of phenols is 1. The van der Waals surface area contributed by atoms with Crippen LogP contribution in [0, 0.1) is 6.92 Å². The van der Waals surface area contributed by atoms with Gasteiger partial charge in [-0.1, -0.05) is 42.0 Å². The van der Waals surface area contributed by atoms with Gasteiger partial charge in [-0.05, 0) is 62.7 Å². The summed E-state index contributed by atoms with van der Waals surface area (Å²) >= 11 is 0. The topological polar surface area (TPSA) is 126 Å². The first-order chi connectivity index (χ1) is 17.6. The molecule has 0 fully saturated rings. The molecule has 2 aromatic heterocycles. The molecular formula is C27H30N6O4. The number of nitrogens with zero attached hydrogens (tertiary/aromatic N) is 5. The van der Waals surface area contributed by atoms with Gasteiger partial charge in [0.1, 0.15) is 24.1 Å². The van der Waals surface area contributed by atoms with Crippen molar-refractivity contribution in [1.29, 1.82) is 0 Å². The van der Waals surface area contributed by atoms with Gasteiger partial charge >= 0.3 is 0 Å². The number of rotatable bonds is 8. The molecule has 2 amide bonds. The van der Waals surface area contributed by atoms with Crippen LogP contribution in [0.4, 0.5) is 0 Å². The van der Waals surface area contributed by atoms with Crippen molar-refractivity contribution in [2.24, 2.45) is 0 Å². The normalized spacial score (nSPS) is 12.2. The Morgan fingerprint density at radius 3 is 2.41 bits per heavy atom. The highest BCUT2D eigenvalue weighted by molar-refractivity contribution is 5.89. The summed E-state index contributed by atoms with van der Waals surface area (Å²) in [7, 11) is 0. The number of aromatic hydroxyl groups is 1. The highest BCUT2D eigenvalue weighted by atomic mass is 16.3. The molecule has 192 valence electrons. The fourth-order valence-electron chi connectivity index (χ4n) is 3.80.